The van der Waals surface area contributed by atoms with E-state index in [4.69, 9.17) is 0 Å². The first-order chi connectivity index (χ1) is 5.78. The monoisotopic (exact) mass is 184 g/mol. The Morgan fingerprint density at radius 1 is 1.23 bits per heavy atom. The Kier molecular flexibility index (Phi) is 3.85. The van der Waals surface area contributed by atoms with Gasteiger partial charge >= 0.3 is 5.97 Å². The standard InChI is InChI=1S/C10H16O3/c1-7(11)8(9(12)13-5)6-10(2,3)4/h6H,1-5H3/b8-6+. The minimum atomic E-state index is -0.567. The average Bonchev–Trinajstić information content (AvgIpc) is 1.96. The molecule has 3 heteroatoms. The second-order valence-corrected chi connectivity index (χ2v) is 3.97. The molecule has 0 saturated carbocycles. The molecule has 0 amide bonds. The first-order valence-corrected chi connectivity index (χ1v) is 4.10. The molecule has 0 aliphatic rings. The lowest BCUT2D eigenvalue weighted by atomic mass is 9.92. The fourth-order valence-electron chi connectivity index (χ4n) is 0.847. The van der Waals surface area contributed by atoms with E-state index in [1.165, 1.54) is 14.0 Å². The minimum absolute atomic E-state index is 0.120. The third-order valence-electron chi connectivity index (χ3n) is 1.36. The maximum absolute atomic E-state index is 11.1. The van der Waals surface area contributed by atoms with Crippen LogP contribution in [0.5, 0.6) is 0 Å². The molecule has 0 radical (unpaired) electrons. The zero-order valence-corrected chi connectivity index (χ0v) is 8.80. The molecule has 0 aromatic carbocycles. The number of carbonyl (C=O) groups excluding carboxylic acids is 2. The van der Waals surface area contributed by atoms with Crippen LogP contribution in [0.1, 0.15) is 27.7 Å². The van der Waals surface area contributed by atoms with Crippen molar-refractivity contribution in [2.45, 2.75) is 27.7 Å². The Morgan fingerprint density at radius 3 is 1.92 bits per heavy atom. The number of Topliss-reactive ketones (excluding diaryl/α,β-unsaturated/α-hetero) is 1. The molecule has 0 aliphatic heterocycles. The molecule has 0 aliphatic carbocycles. The summed E-state index contributed by atoms with van der Waals surface area (Å²) in [5.41, 5.74) is -0.0788. The van der Waals surface area contributed by atoms with Crippen LogP contribution in [0.25, 0.3) is 0 Å². The molecule has 0 N–H and O–H groups in total. The van der Waals surface area contributed by atoms with Crippen molar-refractivity contribution in [3.8, 4) is 0 Å². The van der Waals surface area contributed by atoms with Gasteiger partial charge in [-0.3, -0.25) is 4.79 Å². The highest BCUT2D eigenvalue weighted by Crippen LogP contribution is 2.18. The second kappa shape index (κ2) is 4.21. The predicted molar refractivity (Wildman–Crippen MR) is 50.2 cm³/mol. The minimum Gasteiger partial charge on any atom is -0.465 e. The van der Waals surface area contributed by atoms with Gasteiger partial charge in [-0.2, -0.15) is 0 Å². The molecule has 0 aromatic heterocycles. The van der Waals surface area contributed by atoms with Gasteiger partial charge in [-0.25, -0.2) is 4.79 Å². The fraction of sp³-hybridized carbons (Fsp3) is 0.600. The summed E-state index contributed by atoms with van der Waals surface area (Å²) in [5, 5.41) is 0. The van der Waals surface area contributed by atoms with Gasteiger partial charge < -0.3 is 4.74 Å². The lowest BCUT2D eigenvalue weighted by Gasteiger charge is -2.13. The van der Waals surface area contributed by atoms with Crippen molar-refractivity contribution in [3.63, 3.8) is 0 Å². The van der Waals surface area contributed by atoms with E-state index in [1.807, 2.05) is 20.8 Å². The van der Waals surface area contributed by atoms with Gasteiger partial charge in [-0.1, -0.05) is 26.8 Å². The number of ether oxygens (including phenoxy) is 1. The van der Waals surface area contributed by atoms with Gasteiger partial charge in [-0.15, -0.1) is 0 Å². The quantitative estimate of drug-likeness (QED) is 0.284. The molecular formula is C10H16O3. The molecule has 0 bridgehead atoms. The van der Waals surface area contributed by atoms with Crippen LogP contribution in [0, 0.1) is 5.41 Å². The van der Waals surface area contributed by atoms with Gasteiger partial charge in [0.15, 0.2) is 5.78 Å². The predicted octanol–water partition coefficient (Wildman–Crippen LogP) is 1.72. The van der Waals surface area contributed by atoms with E-state index in [-0.39, 0.29) is 16.8 Å². The average molecular weight is 184 g/mol. The zero-order valence-electron chi connectivity index (χ0n) is 8.80. The summed E-state index contributed by atoms with van der Waals surface area (Å²) in [6, 6.07) is 0. The first-order valence-electron chi connectivity index (χ1n) is 4.10. The summed E-state index contributed by atoms with van der Waals surface area (Å²) in [5.74, 6) is -0.829. The molecule has 74 valence electrons. The lowest BCUT2D eigenvalue weighted by Crippen LogP contribution is -2.15. The maximum atomic E-state index is 11.1. The number of methoxy groups -OCH3 is 1. The first kappa shape index (κ1) is 11.9. The molecular weight excluding hydrogens is 168 g/mol. The van der Waals surface area contributed by atoms with Crippen LogP contribution in [0.2, 0.25) is 0 Å². The Bertz CT molecular complexity index is 243. The SMILES string of the molecule is COC(=O)/C(=C/C(C)(C)C)C(C)=O. The van der Waals surface area contributed by atoms with Crippen molar-refractivity contribution in [3.05, 3.63) is 11.6 Å². The van der Waals surface area contributed by atoms with Crippen LogP contribution < -0.4 is 0 Å². The molecule has 0 rings (SSSR count). The highest BCUT2D eigenvalue weighted by molar-refractivity contribution is 6.16. The maximum Gasteiger partial charge on any atom is 0.341 e. The number of hydrogen-bond donors (Lipinski definition) is 0. The molecule has 0 unspecified atom stereocenters. The van der Waals surface area contributed by atoms with Crippen molar-refractivity contribution in [1.29, 1.82) is 0 Å². The highest BCUT2D eigenvalue weighted by atomic mass is 16.5. The zero-order chi connectivity index (χ0) is 10.6. The number of rotatable bonds is 2. The second-order valence-electron chi connectivity index (χ2n) is 3.97. The summed E-state index contributed by atoms with van der Waals surface area (Å²) >= 11 is 0. The molecule has 0 saturated heterocycles. The molecule has 0 atom stereocenters. The normalized spacial score (nSPS) is 12.5. The Balaban J connectivity index is 4.93. The molecule has 0 aromatic rings. The molecule has 3 nitrogen and oxygen atoms in total. The third kappa shape index (κ3) is 4.45. The van der Waals surface area contributed by atoms with Gasteiger partial charge in [0, 0.05) is 0 Å². The van der Waals surface area contributed by atoms with E-state index in [0.717, 1.165) is 0 Å². The topological polar surface area (TPSA) is 43.4 Å². The van der Waals surface area contributed by atoms with E-state index in [1.54, 1.807) is 6.08 Å². The third-order valence-corrected chi connectivity index (χ3v) is 1.36. The highest BCUT2D eigenvalue weighted by Gasteiger charge is 2.18. The fourth-order valence-corrected chi connectivity index (χ4v) is 0.847. The number of ketones is 1. The summed E-state index contributed by atoms with van der Waals surface area (Å²) < 4.78 is 4.49. The molecule has 0 fully saturated rings. The Hall–Kier alpha value is -1.12. The molecule has 0 spiro atoms. The number of esters is 1. The number of carbonyl (C=O) groups is 2. The largest absolute Gasteiger partial charge is 0.465 e. The summed E-state index contributed by atoms with van der Waals surface area (Å²) in [6.07, 6.45) is 1.63. The van der Waals surface area contributed by atoms with Crippen LogP contribution >= 0.6 is 0 Å². The van der Waals surface area contributed by atoms with E-state index in [0.29, 0.717) is 0 Å². The smallest absolute Gasteiger partial charge is 0.341 e. The van der Waals surface area contributed by atoms with E-state index >= 15 is 0 Å². The van der Waals surface area contributed by atoms with Gasteiger partial charge in [-0.05, 0) is 12.3 Å². The van der Waals surface area contributed by atoms with E-state index < -0.39 is 5.97 Å². The Labute approximate surface area is 78.8 Å². The van der Waals surface area contributed by atoms with Crippen LogP contribution in [-0.4, -0.2) is 18.9 Å². The van der Waals surface area contributed by atoms with Gasteiger partial charge in [0.1, 0.15) is 0 Å². The molecule has 13 heavy (non-hydrogen) atoms. The van der Waals surface area contributed by atoms with Crippen molar-refractivity contribution < 1.29 is 14.3 Å². The van der Waals surface area contributed by atoms with Crippen LogP contribution in [0.4, 0.5) is 0 Å². The van der Waals surface area contributed by atoms with Crippen molar-refractivity contribution in [1.82, 2.24) is 0 Å². The van der Waals surface area contributed by atoms with Gasteiger partial charge in [0.25, 0.3) is 0 Å². The van der Waals surface area contributed by atoms with Crippen molar-refractivity contribution >= 4 is 11.8 Å². The summed E-state index contributed by atoms with van der Waals surface area (Å²) in [6.45, 7) is 7.10. The summed E-state index contributed by atoms with van der Waals surface area (Å²) in [7, 11) is 1.27. The lowest BCUT2D eigenvalue weighted by molar-refractivity contribution is -0.137. The summed E-state index contributed by atoms with van der Waals surface area (Å²) in [4.78, 5) is 22.2. The van der Waals surface area contributed by atoms with Crippen LogP contribution in [0.15, 0.2) is 11.6 Å². The van der Waals surface area contributed by atoms with E-state index in [2.05, 4.69) is 4.74 Å². The van der Waals surface area contributed by atoms with Gasteiger partial charge in [0.05, 0.1) is 12.7 Å². The van der Waals surface area contributed by atoms with Crippen LogP contribution in [-0.2, 0) is 14.3 Å². The van der Waals surface area contributed by atoms with E-state index in [9.17, 15) is 9.59 Å². The van der Waals surface area contributed by atoms with Gasteiger partial charge in [0.2, 0.25) is 0 Å². The van der Waals surface area contributed by atoms with Crippen LogP contribution in [0.3, 0.4) is 0 Å². The van der Waals surface area contributed by atoms with Crippen molar-refractivity contribution in [2.75, 3.05) is 7.11 Å². The molecule has 0 heterocycles. The number of hydrogen-bond acceptors (Lipinski definition) is 3. The Morgan fingerprint density at radius 2 is 1.69 bits per heavy atom. The van der Waals surface area contributed by atoms with Crippen molar-refractivity contribution in [2.24, 2.45) is 5.41 Å². The number of allylic oxidation sites excluding steroid dienone is 1.